The van der Waals surface area contributed by atoms with Gasteiger partial charge in [-0.05, 0) is 37.0 Å². The smallest absolute Gasteiger partial charge is 0.143 e. The Balaban J connectivity index is 2.22. The van der Waals surface area contributed by atoms with E-state index in [4.69, 9.17) is 17.3 Å². The summed E-state index contributed by atoms with van der Waals surface area (Å²) in [5.41, 5.74) is 5.86. The number of alkyl halides is 1. The van der Waals surface area contributed by atoms with Crippen LogP contribution in [-0.2, 0) is 0 Å². The zero-order valence-corrected chi connectivity index (χ0v) is 8.60. The molecule has 0 radical (unpaired) electrons. The van der Waals surface area contributed by atoms with Crippen molar-refractivity contribution in [1.29, 1.82) is 0 Å². The molecule has 0 spiro atoms. The Hall–Kier alpha value is -0.600. The monoisotopic (exact) mass is 213 g/mol. The van der Waals surface area contributed by atoms with Gasteiger partial charge in [0.1, 0.15) is 6.17 Å². The van der Waals surface area contributed by atoms with Crippen LogP contribution in [0, 0.1) is 0 Å². The van der Waals surface area contributed by atoms with Gasteiger partial charge in [0.25, 0.3) is 0 Å². The summed E-state index contributed by atoms with van der Waals surface area (Å²) in [5.74, 6) is 0. The van der Waals surface area contributed by atoms with E-state index in [2.05, 4.69) is 0 Å². The lowest BCUT2D eigenvalue weighted by Crippen LogP contribution is -2.50. The maximum absolute atomic E-state index is 14.0. The van der Waals surface area contributed by atoms with Crippen molar-refractivity contribution in [1.82, 2.24) is 0 Å². The van der Waals surface area contributed by atoms with E-state index in [1.807, 2.05) is 0 Å². The number of benzene rings is 1. The molecule has 1 aromatic rings. The zero-order chi connectivity index (χ0) is 10.2. The van der Waals surface area contributed by atoms with Crippen LogP contribution in [0.2, 0.25) is 5.02 Å². The molecule has 2 N–H and O–H groups in total. The number of hydrogen-bond donors (Lipinski definition) is 1. The van der Waals surface area contributed by atoms with E-state index >= 15 is 0 Å². The molecule has 1 aromatic carbocycles. The van der Waals surface area contributed by atoms with Crippen LogP contribution in [0.15, 0.2) is 24.3 Å². The molecular formula is C11H13ClFN. The molecule has 1 fully saturated rings. The SMILES string of the molecule is NC1(C(F)c2cccc(Cl)c2)CCC1. The van der Waals surface area contributed by atoms with Crippen LogP contribution in [-0.4, -0.2) is 5.54 Å². The second-order valence-electron chi connectivity index (χ2n) is 4.00. The van der Waals surface area contributed by atoms with Crippen molar-refractivity contribution in [3.8, 4) is 0 Å². The fraction of sp³-hybridized carbons (Fsp3) is 0.455. The van der Waals surface area contributed by atoms with Crippen LogP contribution in [0.5, 0.6) is 0 Å². The first-order valence-electron chi connectivity index (χ1n) is 4.80. The number of rotatable bonds is 2. The van der Waals surface area contributed by atoms with Gasteiger partial charge in [-0.2, -0.15) is 0 Å². The highest BCUT2D eigenvalue weighted by Gasteiger charge is 2.41. The maximum Gasteiger partial charge on any atom is 0.143 e. The van der Waals surface area contributed by atoms with Gasteiger partial charge in [-0.15, -0.1) is 0 Å². The van der Waals surface area contributed by atoms with E-state index in [1.165, 1.54) is 0 Å². The fourth-order valence-electron chi connectivity index (χ4n) is 1.83. The highest BCUT2D eigenvalue weighted by Crippen LogP contribution is 2.42. The largest absolute Gasteiger partial charge is 0.322 e. The minimum atomic E-state index is -1.09. The fourth-order valence-corrected chi connectivity index (χ4v) is 2.03. The van der Waals surface area contributed by atoms with E-state index in [0.717, 1.165) is 19.3 Å². The molecule has 14 heavy (non-hydrogen) atoms. The highest BCUT2D eigenvalue weighted by molar-refractivity contribution is 6.30. The van der Waals surface area contributed by atoms with Gasteiger partial charge in [0.15, 0.2) is 0 Å². The average Bonchev–Trinajstić information content (AvgIpc) is 2.13. The molecule has 1 unspecified atom stereocenters. The van der Waals surface area contributed by atoms with Gasteiger partial charge < -0.3 is 5.73 Å². The van der Waals surface area contributed by atoms with Crippen molar-refractivity contribution in [2.45, 2.75) is 31.0 Å². The van der Waals surface area contributed by atoms with Gasteiger partial charge >= 0.3 is 0 Å². The van der Waals surface area contributed by atoms with Crippen LogP contribution in [0.4, 0.5) is 4.39 Å². The first-order valence-corrected chi connectivity index (χ1v) is 5.18. The Kier molecular flexibility index (Phi) is 2.50. The molecule has 0 bridgehead atoms. The van der Waals surface area contributed by atoms with E-state index < -0.39 is 11.7 Å². The third-order valence-corrected chi connectivity index (χ3v) is 3.17. The van der Waals surface area contributed by atoms with Crippen molar-refractivity contribution in [3.05, 3.63) is 34.9 Å². The third-order valence-electron chi connectivity index (χ3n) is 2.93. The molecule has 0 saturated heterocycles. The summed E-state index contributed by atoms with van der Waals surface area (Å²) >= 11 is 5.79. The van der Waals surface area contributed by atoms with Gasteiger partial charge in [0.05, 0.1) is 5.54 Å². The third kappa shape index (κ3) is 1.64. The molecule has 1 atom stereocenters. The minimum Gasteiger partial charge on any atom is -0.322 e. The maximum atomic E-state index is 14.0. The van der Waals surface area contributed by atoms with Crippen LogP contribution >= 0.6 is 11.6 Å². The molecule has 0 heterocycles. The van der Waals surface area contributed by atoms with Crippen LogP contribution in [0.3, 0.4) is 0 Å². The second kappa shape index (κ2) is 3.52. The lowest BCUT2D eigenvalue weighted by Gasteiger charge is -2.40. The summed E-state index contributed by atoms with van der Waals surface area (Å²) in [5, 5.41) is 0.563. The minimum absolute atomic E-state index is 0.563. The standard InChI is InChI=1S/C11H13ClFN/c12-9-4-1-3-8(7-9)10(13)11(14)5-2-6-11/h1,3-4,7,10H,2,5-6,14H2. The van der Waals surface area contributed by atoms with Crippen molar-refractivity contribution >= 4 is 11.6 Å². The number of nitrogens with two attached hydrogens (primary N) is 1. The molecule has 1 aliphatic carbocycles. The summed E-state index contributed by atoms with van der Waals surface area (Å²) in [6.07, 6.45) is 1.47. The Labute approximate surface area is 88.1 Å². The molecule has 0 aliphatic heterocycles. The lowest BCUT2D eigenvalue weighted by molar-refractivity contribution is 0.108. The van der Waals surface area contributed by atoms with Gasteiger partial charge in [-0.1, -0.05) is 23.7 Å². The average molecular weight is 214 g/mol. The second-order valence-corrected chi connectivity index (χ2v) is 4.44. The van der Waals surface area contributed by atoms with Crippen LogP contribution in [0.1, 0.15) is 31.0 Å². The van der Waals surface area contributed by atoms with Gasteiger partial charge in [0.2, 0.25) is 0 Å². The van der Waals surface area contributed by atoms with Gasteiger partial charge in [-0.25, -0.2) is 4.39 Å². The summed E-state index contributed by atoms with van der Waals surface area (Å²) in [6.45, 7) is 0. The van der Waals surface area contributed by atoms with E-state index in [1.54, 1.807) is 24.3 Å². The molecule has 0 amide bonds. The molecule has 1 aliphatic rings. The predicted octanol–water partition coefficient (Wildman–Crippen LogP) is 3.23. The summed E-state index contributed by atoms with van der Waals surface area (Å²) in [4.78, 5) is 0. The Morgan fingerprint density at radius 1 is 1.43 bits per heavy atom. The van der Waals surface area contributed by atoms with Gasteiger partial charge in [-0.3, -0.25) is 0 Å². The summed E-state index contributed by atoms with van der Waals surface area (Å²) in [6, 6.07) is 6.89. The molecule has 76 valence electrons. The van der Waals surface area contributed by atoms with E-state index in [9.17, 15) is 4.39 Å². The van der Waals surface area contributed by atoms with Crippen LogP contribution in [0.25, 0.3) is 0 Å². The van der Waals surface area contributed by atoms with Crippen molar-refractivity contribution in [2.24, 2.45) is 5.73 Å². The van der Waals surface area contributed by atoms with Crippen LogP contribution < -0.4 is 5.73 Å². The topological polar surface area (TPSA) is 26.0 Å². The predicted molar refractivity (Wildman–Crippen MR) is 56.1 cm³/mol. The molecular weight excluding hydrogens is 201 g/mol. The molecule has 1 nitrogen and oxygen atoms in total. The number of hydrogen-bond acceptors (Lipinski definition) is 1. The first kappa shape index (κ1) is 9.94. The molecule has 0 aromatic heterocycles. The Bertz CT molecular complexity index is 336. The van der Waals surface area contributed by atoms with Crippen molar-refractivity contribution in [3.63, 3.8) is 0 Å². The van der Waals surface area contributed by atoms with Crippen molar-refractivity contribution in [2.75, 3.05) is 0 Å². The summed E-state index contributed by atoms with van der Waals surface area (Å²) in [7, 11) is 0. The first-order chi connectivity index (χ1) is 6.62. The molecule has 2 rings (SSSR count). The summed E-state index contributed by atoms with van der Waals surface area (Å²) < 4.78 is 14.0. The highest BCUT2D eigenvalue weighted by atomic mass is 35.5. The lowest BCUT2D eigenvalue weighted by atomic mass is 9.72. The van der Waals surface area contributed by atoms with Crippen molar-refractivity contribution < 1.29 is 4.39 Å². The molecule has 3 heteroatoms. The van der Waals surface area contributed by atoms with Gasteiger partial charge in [0, 0.05) is 5.02 Å². The van der Waals surface area contributed by atoms with E-state index in [-0.39, 0.29) is 0 Å². The zero-order valence-electron chi connectivity index (χ0n) is 7.84. The number of halogens is 2. The molecule has 1 saturated carbocycles. The Morgan fingerprint density at radius 2 is 2.14 bits per heavy atom. The quantitative estimate of drug-likeness (QED) is 0.802. The Morgan fingerprint density at radius 3 is 2.64 bits per heavy atom. The van der Waals surface area contributed by atoms with E-state index in [0.29, 0.717) is 10.6 Å². The normalized spacial score (nSPS) is 21.4.